The molecule has 164 valence electrons. The number of rotatable bonds is 8. The van der Waals surface area contributed by atoms with Crippen LogP contribution < -0.4 is 5.32 Å². The van der Waals surface area contributed by atoms with Gasteiger partial charge in [0.1, 0.15) is 5.82 Å². The highest BCUT2D eigenvalue weighted by Gasteiger charge is 2.11. The van der Waals surface area contributed by atoms with Crippen LogP contribution in [0.3, 0.4) is 0 Å². The molecule has 6 nitrogen and oxygen atoms in total. The van der Waals surface area contributed by atoms with Crippen LogP contribution in [-0.4, -0.2) is 27.8 Å². The highest BCUT2D eigenvalue weighted by molar-refractivity contribution is 5.85. The van der Waals surface area contributed by atoms with Gasteiger partial charge in [0.15, 0.2) is 0 Å². The molecule has 0 aliphatic carbocycles. The van der Waals surface area contributed by atoms with E-state index in [2.05, 4.69) is 15.5 Å². The molecule has 0 radical (unpaired) electrons. The molecule has 1 aromatic heterocycles. The van der Waals surface area contributed by atoms with Crippen molar-refractivity contribution in [1.29, 1.82) is 0 Å². The molecule has 4 rings (SSSR count). The van der Waals surface area contributed by atoms with Gasteiger partial charge in [-0.25, -0.2) is 4.39 Å². The molecular formula is C24H21ClFN3O3. The minimum Gasteiger partial charge on any atom is -0.481 e. The Balaban J connectivity index is 0.00000289. The van der Waals surface area contributed by atoms with E-state index in [0.717, 1.165) is 27.8 Å². The molecule has 0 aliphatic heterocycles. The van der Waals surface area contributed by atoms with Crippen LogP contribution in [0.4, 0.5) is 4.39 Å². The summed E-state index contributed by atoms with van der Waals surface area (Å²) in [6.45, 7) is 1.01. The number of carboxylic acid groups (broad SMARTS) is 1. The van der Waals surface area contributed by atoms with Crippen LogP contribution >= 0.6 is 12.4 Å². The molecule has 0 saturated heterocycles. The van der Waals surface area contributed by atoms with Crippen LogP contribution in [0.1, 0.15) is 12.0 Å². The Labute approximate surface area is 190 Å². The summed E-state index contributed by atoms with van der Waals surface area (Å²) in [6, 6.07) is 21.7. The predicted octanol–water partition coefficient (Wildman–Crippen LogP) is 5.20. The summed E-state index contributed by atoms with van der Waals surface area (Å²) >= 11 is 0. The molecule has 0 fully saturated rings. The molecule has 4 aromatic rings. The topological polar surface area (TPSA) is 88.2 Å². The number of nitrogens with one attached hydrogen (secondary N) is 1. The summed E-state index contributed by atoms with van der Waals surface area (Å²) < 4.78 is 18.5. The van der Waals surface area contributed by atoms with Gasteiger partial charge in [0.05, 0.1) is 6.42 Å². The smallest absolute Gasteiger partial charge is 0.304 e. The Kier molecular flexibility index (Phi) is 7.70. The van der Waals surface area contributed by atoms with Crippen molar-refractivity contribution in [3.05, 3.63) is 84.2 Å². The standard InChI is InChI=1S/C24H20FN3O3.ClH/c25-21-11-9-18(10-12-21)17-5-7-20(8-6-17)24-27-23(28-31-24)19-3-1-16(2-4-19)15-26-14-13-22(29)30;/h1-12,26H,13-15H2,(H,29,30);1H. The second kappa shape index (κ2) is 10.7. The van der Waals surface area contributed by atoms with Gasteiger partial charge in [0, 0.05) is 24.2 Å². The lowest BCUT2D eigenvalue weighted by Gasteiger charge is -2.03. The lowest BCUT2D eigenvalue weighted by Crippen LogP contribution is -2.17. The van der Waals surface area contributed by atoms with Crippen LogP contribution in [0.25, 0.3) is 34.0 Å². The van der Waals surface area contributed by atoms with Crippen molar-refractivity contribution >= 4 is 18.4 Å². The number of nitrogens with zero attached hydrogens (tertiary/aromatic N) is 2. The van der Waals surface area contributed by atoms with Crippen LogP contribution in [0, 0.1) is 5.82 Å². The normalized spacial score (nSPS) is 10.5. The zero-order valence-electron chi connectivity index (χ0n) is 17.0. The Morgan fingerprint density at radius 1 is 0.875 bits per heavy atom. The summed E-state index contributed by atoms with van der Waals surface area (Å²) in [5.41, 5.74) is 4.55. The third-order valence-electron chi connectivity index (χ3n) is 4.79. The van der Waals surface area contributed by atoms with E-state index >= 15 is 0 Å². The maximum atomic E-state index is 13.1. The predicted molar refractivity (Wildman–Crippen MR) is 122 cm³/mol. The van der Waals surface area contributed by atoms with E-state index in [0.29, 0.717) is 24.8 Å². The molecule has 0 amide bonds. The molecular weight excluding hydrogens is 433 g/mol. The molecule has 0 spiro atoms. The van der Waals surface area contributed by atoms with Gasteiger partial charge < -0.3 is 14.9 Å². The van der Waals surface area contributed by atoms with E-state index in [-0.39, 0.29) is 24.6 Å². The van der Waals surface area contributed by atoms with Gasteiger partial charge in [-0.3, -0.25) is 4.79 Å². The first kappa shape index (κ1) is 23.1. The van der Waals surface area contributed by atoms with E-state index in [1.165, 1.54) is 12.1 Å². The molecule has 8 heteroatoms. The second-order valence-electron chi connectivity index (χ2n) is 7.02. The molecule has 3 aromatic carbocycles. The van der Waals surface area contributed by atoms with Crippen molar-refractivity contribution in [2.45, 2.75) is 13.0 Å². The molecule has 1 heterocycles. The van der Waals surface area contributed by atoms with Crippen molar-refractivity contribution in [2.75, 3.05) is 6.54 Å². The van der Waals surface area contributed by atoms with Crippen LogP contribution in [-0.2, 0) is 11.3 Å². The third-order valence-corrected chi connectivity index (χ3v) is 4.79. The molecule has 0 aliphatic rings. The van der Waals surface area contributed by atoms with Gasteiger partial charge in [-0.15, -0.1) is 12.4 Å². The summed E-state index contributed by atoms with van der Waals surface area (Å²) in [7, 11) is 0. The van der Waals surface area contributed by atoms with E-state index in [9.17, 15) is 9.18 Å². The molecule has 0 unspecified atom stereocenters. The van der Waals surface area contributed by atoms with Crippen molar-refractivity contribution in [3.63, 3.8) is 0 Å². The maximum Gasteiger partial charge on any atom is 0.304 e. The largest absolute Gasteiger partial charge is 0.481 e. The van der Waals surface area contributed by atoms with Gasteiger partial charge in [-0.2, -0.15) is 4.98 Å². The first-order valence-corrected chi connectivity index (χ1v) is 9.80. The summed E-state index contributed by atoms with van der Waals surface area (Å²) in [5, 5.41) is 15.8. The van der Waals surface area contributed by atoms with Crippen LogP contribution in [0.15, 0.2) is 77.3 Å². The molecule has 0 atom stereocenters. The van der Waals surface area contributed by atoms with Gasteiger partial charge in [-0.1, -0.05) is 53.7 Å². The van der Waals surface area contributed by atoms with Crippen molar-refractivity contribution in [1.82, 2.24) is 15.5 Å². The Hall–Kier alpha value is -3.55. The Morgan fingerprint density at radius 3 is 2.06 bits per heavy atom. The number of aliphatic carboxylic acids is 1. The average molecular weight is 454 g/mol. The molecule has 0 bridgehead atoms. The minimum absolute atomic E-state index is 0. The first-order valence-electron chi connectivity index (χ1n) is 9.80. The Morgan fingerprint density at radius 2 is 1.44 bits per heavy atom. The summed E-state index contributed by atoms with van der Waals surface area (Å²) in [5.74, 6) is -0.176. The van der Waals surface area contributed by atoms with Crippen molar-refractivity contribution in [2.24, 2.45) is 0 Å². The van der Waals surface area contributed by atoms with Crippen LogP contribution in [0.5, 0.6) is 0 Å². The second-order valence-corrected chi connectivity index (χ2v) is 7.02. The maximum absolute atomic E-state index is 13.1. The SMILES string of the molecule is Cl.O=C(O)CCNCc1ccc(-c2noc(-c3ccc(-c4ccc(F)cc4)cc3)n2)cc1. The lowest BCUT2D eigenvalue weighted by molar-refractivity contribution is -0.136. The number of aromatic nitrogens is 2. The number of hydrogen-bond donors (Lipinski definition) is 2. The molecule has 2 N–H and O–H groups in total. The fraction of sp³-hybridized carbons (Fsp3) is 0.125. The quantitative estimate of drug-likeness (QED) is 0.357. The number of carboxylic acids is 1. The van der Waals surface area contributed by atoms with E-state index in [1.807, 2.05) is 48.5 Å². The fourth-order valence-electron chi connectivity index (χ4n) is 3.11. The van der Waals surface area contributed by atoms with Gasteiger partial charge in [0.2, 0.25) is 5.82 Å². The van der Waals surface area contributed by atoms with Crippen molar-refractivity contribution in [3.8, 4) is 34.0 Å². The van der Waals surface area contributed by atoms with Crippen LogP contribution in [0.2, 0.25) is 0 Å². The highest BCUT2D eigenvalue weighted by Crippen LogP contribution is 2.26. The summed E-state index contributed by atoms with van der Waals surface area (Å²) in [6.07, 6.45) is 0.0919. The zero-order valence-corrected chi connectivity index (χ0v) is 17.8. The zero-order chi connectivity index (χ0) is 21.6. The minimum atomic E-state index is -0.819. The number of halogens is 2. The average Bonchev–Trinajstić information content (AvgIpc) is 3.28. The van der Waals surface area contributed by atoms with Gasteiger partial charge in [-0.05, 0) is 41.0 Å². The van der Waals surface area contributed by atoms with Crippen molar-refractivity contribution < 1.29 is 18.8 Å². The van der Waals surface area contributed by atoms with E-state index < -0.39 is 5.97 Å². The molecule has 32 heavy (non-hydrogen) atoms. The van der Waals surface area contributed by atoms with E-state index in [4.69, 9.17) is 9.63 Å². The van der Waals surface area contributed by atoms with Gasteiger partial charge in [0.25, 0.3) is 5.89 Å². The lowest BCUT2D eigenvalue weighted by atomic mass is 10.0. The third kappa shape index (κ3) is 5.78. The monoisotopic (exact) mass is 453 g/mol. The Bertz CT molecular complexity index is 1160. The first-order chi connectivity index (χ1) is 15.1. The number of carbonyl (C=O) groups is 1. The number of benzene rings is 3. The number of hydrogen-bond acceptors (Lipinski definition) is 5. The fourth-order valence-corrected chi connectivity index (χ4v) is 3.11. The van der Waals surface area contributed by atoms with Gasteiger partial charge >= 0.3 is 5.97 Å². The highest BCUT2D eigenvalue weighted by atomic mass is 35.5. The van der Waals surface area contributed by atoms with E-state index in [1.54, 1.807) is 12.1 Å². The summed E-state index contributed by atoms with van der Waals surface area (Å²) in [4.78, 5) is 15.0. The molecule has 0 saturated carbocycles.